The van der Waals surface area contributed by atoms with E-state index in [1.807, 2.05) is 44.3 Å². The number of carbonyl (C=O) groups is 1. The highest BCUT2D eigenvalue weighted by molar-refractivity contribution is 5.80. The molecular weight excluding hydrogens is 228 g/mol. The molecule has 1 fully saturated rings. The minimum atomic E-state index is -0.203. The van der Waals surface area contributed by atoms with Gasteiger partial charge in [0, 0.05) is 25.3 Å². The third-order valence-corrected chi connectivity index (χ3v) is 3.23. The molecule has 1 unspecified atom stereocenters. The summed E-state index contributed by atoms with van der Waals surface area (Å²) in [6.07, 6.45) is 0. The molecule has 1 heterocycles. The number of ether oxygens (including phenoxy) is 1. The van der Waals surface area contributed by atoms with E-state index < -0.39 is 0 Å². The van der Waals surface area contributed by atoms with Crippen LogP contribution < -0.4 is 4.90 Å². The molecular formula is C14H20N2O2. The molecule has 1 aromatic carbocycles. The van der Waals surface area contributed by atoms with Crippen molar-refractivity contribution in [3.63, 3.8) is 0 Å². The van der Waals surface area contributed by atoms with Crippen LogP contribution >= 0.6 is 0 Å². The van der Waals surface area contributed by atoms with Crippen molar-refractivity contribution in [2.45, 2.75) is 13.0 Å². The Labute approximate surface area is 108 Å². The molecule has 4 heteroatoms. The van der Waals surface area contributed by atoms with Gasteiger partial charge in [-0.25, -0.2) is 4.79 Å². The third kappa shape index (κ3) is 2.82. The SMILES string of the molecule is CCOC(=O)C1CN(C)CCN1c1ccccc1. The Morgan fingerprint density at radius 2 is 2.06 bits per heavy atom. The molecule has 0 spiro atoms. The van der Waals surface area contributed by atoms with Crippen molar-refractivity contribution < 1.29 is 9.53 Å². The van der Waals surface area contributed by atoms with E-state index in [2.05, 4.69) is 9.80 Å². The number of benzene rings is 1. The summed E-state index contributed by atoms with van der Waals surface area (Å²) in [5.74, 6) is -0.132. The fraction of sp³-hybridized carbons (Fsp3) is 0.500. The zero-order valence-electron chi connectivity index (χ0n) is 11.0. The molecule has 1 aliphatic heterocycles. The van der Waals surface area contributed by atoms with Crippen LogP contribution in [0.3, 0.4) is 0 Å². The second-order valence-corrected chi connectivity index (χ2v) is 4.56. The van der Waals surface area contributed by atoms with Gasteiger partial charge in [0.15, 0.2) is 0 Å². The van der Waals surface area contributed by atoms with Gasteiger partial charge in [-0.05, 0) is 26.1 Å². The first-order chi connectivity index (χ1) is 8.72. The third-order valence-electron chi connectivity index (χ3n) is 3.23. The summed E-state index contributed by atoms with van der Waals surface area (Å²) < 4.78 is 5.17. The molecule has 98 valence electrons. The summed E-state index contributed by atoms with van der Waals surface area (Å²) in [6, 6.07) is 9.85. The number of rotatable bonds is 3. The molecule has 0 bridgehead atoms. The molecule has 1 atom stereocenters. The van der Waals surface area contributed by atoms with Gasteiger partial charge in [0.25, 0.3) is 0 Å². The van der Waals surface area contributed by atoms with Crippen LogP contribution in [0.1, 0.15) is 6.92 Å². The highest BCUT2D eigenvalue weighted by Gasteiger charge is 2.32. The molecule has 0 aliphatic carbocycles. The van der Waals surface area contributed by atoms with Crippen molar-refractivity contribution in [2.75, 3.05) is 38.2 Å². The van der Waals surface area contributed by atoms with E-state index in [1.54, 1.807) is 0 Å². The molecule has 0 amide bonds. The second kappa shape index (κ2) is 5.87. The summed E-state index contributed by atoms with van der Waals surface area (Å²) in [5.41, 5.74) is 1.09. The Kier molecular flexibility index (Phi) is 4.20. The predicted molar refractivity (Wildman–Crippen MR) is 71.7 cm³/mol. The number of anilines is 1. The van der Waals surface area contributed by atoms with E-state index in [1.165, 1.54) is 0 Å². The van der Waals surface area contributed by atoms with Crippen LogP contribution in [0.5, 0.6) is 0 Å². The van der Waals surface area contributed by atoms with Crippen LogP contribution in [-0.4, -0.2) is 50.2 Å². The lowest BCUT2D eigenvalue weighted by molar-refractivity contribution is -0.145. The van der Waals surface area contributed by atoms with Gasteiger partial charge in [-0.3, -0.25) is 0 Å². The van der Waals surface area contributed by atoms with Gasteiger partial charge in [0.2, 0.25) is 0 Å². The number of nitrogens with zero attached hydrogens (tertiary/aromatic N) is 2. The fourth-order valence-corrected chi connectivity index (χ4v) is 2.29. The summed E-state index contributed by atoms with van der Waals surface area (Å²) in [7, 11) is 2.04. The van der Waals surface area contributed by atoms with E-state index in [-0.39, 0.29) is 12.0 Å². The number of esters is 1. The predicted octanol–water partition coefficient (Wildman–Crippen LogP) is 1.37. The van der Waals surface area contributed by atoms with E-state index in [9.17, 15) is 4.79 Å². The number of piperazine rings is 1. The van der Waals surface area contributed by atoms with E-state index in [0.717, 1.165) is 18.8 Å². The van der Waals surface area contributed by atoms with Gasteiger partial charge in [-0.1, -0.05) is 18.2 Å². The zero-order chi connectivity index (χ0) is 13.0. The average molecular weight is 248 g/mol. The number of carbonyl (C=O) groups excluding carboxylic acids is 1. The lowest BCUT2D eigenvalue weighted by Crippen LogP contribution is -2.56. The molecule has 0 radical (unpaired) electrons. The van der Waals surface area contributed by atoms with Crippen LogP contribution in [0.25, 0.3) is 0 Å². The smallest absolute Gasteiger partial charge is 0.330 e. The van der Waals surface area contributed by atoms with Gasteiger partial charge in [0.1, 0.15) is 6.04 Å². The highest BCUT2D eigenvalue weighted by atomic mass is 16.5. The zero-order valence-corrected chi connectivity index (χ0v) is 11.0. The topological polar surface area (TPSA) is 32.8 Å². The van der Waals surface area contributed by atoms with E-state index in [0.29, 0.717) is 13.2 Å². The molecule has 0 saturated carbocycles. The molecule has 2 rings (SSSR count). The lowest BCUT2D eigenvalue weighted by Gasteiger charge is -2.39. The van der Waals surface area contributed by atoms with Crippen LogP contribution in [-0.2, 0) is 9.53 Å². The number of para-hydroxylation sites is 1. The molecule has 1 saturated heterocycles. The molecule has 1 aliphatic rings. The molecule has 4 nitrogen and oxygen atoms in total. The standard InChI is InChI=1S/C14H20N2O2/c1-3-18-14(17)13-11-15(2)9-10-16(13)12-7-5-4-6-8-12/h4-8,13H,3,9-11H2,1-2H3. The molecule has 0 N–H and O–H groups in total. The van der Waals surface area contributed by atoms with Crippen molar-refractivity contribution in [1.82, 2.24) is 4.90 Å². The quantitative estimate of drug-likeness (QED) is 0.756. The van der Waals surface area contributed by atoms with Crippen molar-refractivity contribution in [3.05, 3.63) is 30.3 Å². The van der Waals surface area contributed by atoms with Crippen molar-refractivity contribution >= 4 is 11.7 Å². The molecule has 0 aromatic heterocycles. The number of hydrogen-bond donors (Lipinski definition) is 0. The lowest BCUT2D eigenvalue weighted by atomic mass is 10.1. The van der Waals surface area contributed by atoms with Gasteiger partial charge in [0.05, 0.1) is 6.61 Å². The number of likely N-dealkylation sites (N-methyl/N-ethyl adjacent to an activating group) is 1. The van der Waals surface area contributed by atoms with Gasteiger partial charge < -0.3 is 14.5 Å². The van der Waals surface area contributed by atoms with Crippen LogP contribution in [0, 0.1) is 0 Å². The number of hydrogen-bond acceptors (Lipinski definition) is 4. The summed E-state index contributed by atoms with van der Waals surface area (Å²) in [5, 5.41) is 0. The summed E-state index contributed by atoms with van der Waals surface area (Å²) in [4.78, 5) is 16.3. The Hall–Kier alpha value is -1.55. The van der Waals surface area contributed by atoms with E-state index >= 15 is 0 Å². The van der Waals surface area contributed by atoms with Crippen molar-refractivity contribution in [1.29, 1.82) is 0 Å². The maximum absolute atomic E-state index is 12.0. The summed E-state index contributed by atoms with van der Waals surface area (Å²) >= 11 is 0. The van der Waals surface area contributed by atoms with Crippen LogP contribution in [0.2, 0.25) is 0 Å². The summed E-state index contributed by atoms with van der Waals surface area (Å²) in [6.45, 7) is 4.81. The van der Waals surface area contributed by atoms with E-state index in [4.69, 9.17) is 4.74 Å². The average Bonchev–Trinajstić information content (AvgIpc) is 2.40. The first-order valence-corrected chi connectivity index (χ1v) is 6.39. The Morgan fingerprint density at radius 1 is 1.33 bits per heavy atom. The Bertz CT molecular complexity index is 394. The minimum Gasteiger partial charge on any atom is -0.464 e. The van der Waals surface area contributed by atoms with Crippen LogP contribution in [0.15, 0.2) is 30.3 Å². The monoisotopic (exact) mass is 248 g/mol. The first-order valence-electron chi connectivity index (χ1n) is 6.39. The van der Waals surface area contributed by atoms with Crippen molar-refractivity contribution in [2.24, 2.45) is 0 Å². The molecule has 18 heavy (non-hydrogen) atoms. The van der Waals surface area contributed by atoms with Crippen molar-refractivity contribution in [3.8, 4) is 0 Å². The van der Waals surface area contributed by atoms with Gasteiger partial charge in [-0.15, -0.1) is 0 Å². The minimum absolute atomic E-state index is 0.132. The van der Waals surface area contributed by atoms with Crippen LogP contribution in [0.4, 0.5) is 5.69 Å². The van der Waals surface area contributed by atoms with Gasteiger partial charge >= 0.3 is 5.97 Å². The fourth-order valence-electron chi connectivity index (χ4n) is 2.29. The Morgan fingerprint density at radius 3 is 2.72 bits per heavy atom. The second-order valence-electron chi connectivity index (χ2n) is 4.56. The normalized spacial score (nSPS) is 20.8. The largest absolute Gasteiger partial charge is 0.464 e. The Balaban J connectivity index is 2.18. The van der Waals surface area contributed by atoms with Gasteiger partial charge in [-0.2, -0.15) is 0 Å². The highest BCUT2D eigenvalue weighted by Crippen LogP contribution is 2.20. The first kappa shape index (κ1) is 12.9. The maximum Gasteiger partial charge on any atom is 0.330 e. The maximum atomic E-state index is 12.0. The molecule has 1 aromatic rings.